The number of carbonyl (C=O) groups is 1. The van der Waals surface area contributed by atoms with Gasteiger partial charge in [-0.25, -0.2) is 0 Å². The zero-order valence-electron chi connectivity index (χ0n) is 12.5. The van der Waals surface area contributed by atoms with Crippen molar-refractivity contribution in [1.82, 2.24) is 0 Å². The Hall–Kier alpha value is -2.36. The molecule has 0 radical (unpaired) electrons. The summed E-state index contributed by atoms with van der Waals surface area (Å²) in [5, 5.41) is 11.3. The normalized spacial score (nSPS) is 11.7. The third-order valence-corrected chi connectivity index (χ3v) is 3.83. The maximum Gasteiger partial charge on any atom is 0.320 e. The molecule has 0 aliphatic carbocycles. The second-order valence-electron chi connectivity index (χ2n) is 5.37. The van der Waals surface area contributed by atoms with Gasteiger partial charge in [0.25, 0.3) is 0 Å². The maximum atomic E-state index is 10.8. The van der Waals surface area contributed by atoms with E-state index in [2.05, 4.69) is 24.3 Å². The molecule has 1 atom stereocenters. The molecule has 0 saturated carbocycles. The van der Waals surface area contributed by atoms with Crippen LogP contribution in [-0.2, 0) is 11.2 Å². The summed E-state index contributed by atoms with van der Waals surface area (Å²) in [6, 6.07) is 21.6. The third kappa shape index (κ3) is 3.70. The molecule has 4 heteroatoms. The van der Waals surface area contributed by atoms with E-state index < -0.39 is 12.0 Å². The highest BCUT2D eigenvalue weighted by Gasteiger charge is 2.12. The van der Waals surface area contributed by atoms with Crippen molar-refractivity contribution in [3.8, 4) is 11.1 Å². The van der Waals surface area contributed by atoms with Crippen molar-refractivity contribution in [2.24, 2.45) is 5.73 Å². The average Bonchev–Trinajstić information content (AvgIpc) is 2.55. The molecule has 0 aliphatic rings. The van der Waals surface area contributed by atoms with Gasteiger partial charge in [-0.1, -0.05) is 66.7 Å². The Kier molecular flexibility index (Phi) is 5.37. The first kappa shape index (κ1) is 17.0. The number of hydrogen-bond donors (Lipinski definition) is 2. The average molecular weight is 328 g/mol. The molecule has 3 aromatic rings. The number of fused-ring (bicyclic) bond motifs is 1. The molecule has 3 nitrogen and oxygen atoms in total. The molecule has 0 unspecified atom stereocenters. The smallest absolute Gasteiger partial charge is 0.320 e. The van der Waals surface area contributed by atoms with Crippen LogP contribution in [0, 0.1) is 0 Å². The number of carboxylic acid groups (broad SMARTS) is 1. The van der Waals surface area contributed by atoms with Gasteiger partial charge in [0, 0.05) is 0 Å². The van der Waals surface area contributed by atoms with Crippen LogP contribution in [0.4, 0.5) is 0 Å². The Labute approximate surface area is 141 Å². The molecule has 0 bridgehead atoms. The summed E-state index contributed by atoms with van der Waals surface area (Å²) < 4.78 is 0. The Balaban J connectivity index is 0.00000192. The van der Waals surface area contributed by atoms with E-state index in [0.29, 0.717) is 6.42 Å². The summed E-state index contributed by atoms with van der Waals surface area (Å²) in [6.45, 7) is 0. The van der Waals surface area contributed by atoms with Crippen LogP contribution in [0.1, 0.15) is 5.56 Å². The number of hydrogen-bond acceptors (Lipinski definition) is 2. The minimum atomic E-state index is -0.974. The number of rotatable bonds is 4. The predicted octanol–water partition coefficient (Wildman–Crippen LogP) is 3.88. The summed E-state index contributed by atoms with van der Waals surface area (Å²) >= 11 is 0. The molecule has 118 valence electrons. The standard InChI is InChI=1S/C19H17NO2.ClH/c20-18(19(21)22)12-13-8-10-15(11-9-13)17-7-3-5-14-4-1-2-6-16(14)17;/h1-11,18H,12,20H2,(H,21,22);1H/t18-;/m0./s1. The minimum absolute atomic E-state index is 0. The Morgan fingerprint density at radius 1 is 0.957 bits per heavy atom. The molecule has 0 spiro atoms. The van der Waals surface area contributed by atoms with Crippen LogP contribution in [0.5, 0.6) is 0 Å². The van der Waals surface area contributed by atoms with Crippen LogP contribution in [0.15, 0.2) is 66.7 Å². The number of halogens is 1. The van der Waals surface area contributed by atoms with E-state index in [-0.39, 0.29) is 12.4 Å². The van der Waals surface area contributed by atoms with Gasteiger partial charge < -0.3 is 10.8 Å². The molecule has 3 aromatic carbocycles. The molecule has 0 aromatic heterocycles. The van der Waals surface area contributed by atoms with E-state index in [1.807, 2.05) is 42.5 Å². The number of benzene rings is 3. The lowest BCUT2D eigenvalue weighted by atomic mass is 9.96. The topological polar surface area (TPSA) is 63.3 Å². The fourth-order valence-corrected chi connectivity index (χ4v) is 2.64. The van der Waals surface area contributed by atoms with Crippen LogP contribution in [0.3, 0.4) is 0 Å². The molecule has 0 fully saturated rings. The monoisotopic (exact) mass is 327 g/mol. The number of aliphatic carboxylic acids is 1. The van der Waals surface area contributed by atoms with E-state index >= 15 is 0 Å². The van der Waals surface area contributed by atoms with Crippen molar-refractivity contribution in [2.75, 3.05) is 0 Å². The Bertz CT molecular complexity index is 810. The number of nitrogens with two attached hydrogens (primary N) is 1. The third-order valence-electron chi connectivity index (χ3n) is 3.83. The SMILES string of the molecule is Cl.N[C@@H](Cc1ccc(-c2cccc3ccccc23)cc1)C(=O)O. The van der Waals surface area contributed by atoms with E-state index in [4.69, 9.17) is 10.8 Å². The van der Waals surface area contributed by atoms with Crippen molar-refractivity contribution >= 4 is 29.1 Å². The summed E-state index contributed by atoms with van der Waals surface area (Å²) in [6.07, 6.45) is 0.338. The maximum absolute atomic E-state index is 10.8. The predicted molar refractivity (Wildman–Crippen MR) is 95.9 cm³/mol. The van der Waals surface area contributed by atoms with Crippen molar-refractivity contribution < 1.29 is 9.90 Å². The first-order valence-electron chi connectivity index (χ1n) is 7.20. The minimum Gasteiger partial charge on any atom is -0.480 e. The van der Waals surface area contributed by atoms with Gasteiger partial charge in [-0.2, -0.15) is 0 Å². The molecule has 0 amide bonds. The van der Waals surface area contributed by atoms with Crippen LogP contribution in [0.2, 0.25) is 0 Å². The second kappa shape index (κ2) is 7.27. The quantitative estimate of drug-likeness (QED) is 0.764. The summed E-state index contributed by atoms with van der Waals surface area (Å²) in [5.74, 6) is -0.974. The summed E-state index contributed by atoms with van der Waals surface area (Å²) in [4.78, 5) is 10.8. The lowest BCUT2D eigenvalue weighted by Crippen LogP contribution is -2.32. The van der Waals surface area contributed by atoms with Crippen LogP contribution < -0.4 is 5.73 Å². The van der Waals surface area contributed by atoms with Gasteiger partial charge in [0.05, 0.1) is 0 Å². The van der Waals surface area contributed by atoms with Gasteiger partial charge in [0.1, 0.15) is 6.04 Å². The van der Waals surface area contributed by atoms with Crippen molar-refractivity contribution in [2.45, 2.75) is 12.5 Å². The van der Waals surface area contributed by atoms with E-state index in [0.717, 1.165) is 11.1 Å². The van der Waals surface area contributed by atoms with Gasteiger partial charge >= 0.3 is 5.97 Å². The summed E-state index contributed by atoms with van der Waals surface area (Å²) in [5.41, 5.74) is 8.79. The van der Waals surface area contributed by atoms with Gasteiger partial charge in [0.15, 0.2) is 0 Å². The van der Waals surface area contributed by atoms with Crippen molar-refractivity contribution in [1.29, 1.82) is 0 Å². The zero-order chi connectivity index (χ0) is 15.5. The van der Waals surface area contributed by atoms with Gasteiger partial charge in [0.2, 0.25) is 0 Å². The molecular formula is C19H18ClNO2. The Morgan fingerprint density at radius 3 is 2.30 bits per heavy atom. The van der Waals surface area contributed by atoms with Gasteiger partial charge in [-0.3, -0.25) is 4.79 Å². The Morgan fingerprint density at radius 2 is 1.61 bits per heavy atom. The molecule has 0 saturated heterocycles. The molecule has 3 N–H and O–H groups in total. The number of carboxylic acids is 1. The fourth-order valence-electron chi connectivity index (χ4n) is 2.64. The lowest BCUT2D eigenvalue weighted by Gasteiger charge is -2.09. The second-order valence-corrected chi connectivity index (χ2v) is 5.37. The zero-order valence-corrected chi connectivity index (χ0v) is 13.3. The van der Waals surface area contributed by atoms with Gasteiger partial charge in [-0.05, 0) is 33.9 Å². The first-order chi connectivity index (χ1) is 10.6. The molecular weight excluding hydrogens is 310 g/mol. The molecule has 23 heavy (non-hydrogen) atoms. The molecule has 0 aliphatic heterocycles. The largest absolute Gasteiger partial charge is 0.480 e. The fraction of sp³-hybridized carbons (Fsp3) is 0.105. The highest BCUT2D eigenvalue weighted by molar-refractivity contribution is 5.96. The van der Waals surface area contributed by atoms with Gasteiger partial charge in [-0.15, -0.1) is 12.4 Å². The highest BCUT2D eigenvalue weighted by Crippen LogP contribution is 2.28. The van der Waals surface area contributed by atoms with Crippen LogP contribution in [-0.4, -0.2) is 17.1 Å². The van der Waals surface area contributed by atoms with Crippen LogP contribution >= 0.6 is 12.4 Å². The van der Waals surface area contributed by atoms with E-state index in [1.54, 1.807) is 0 Å². The van der Waals surface area contributed by atoms with Crippen molar-refractivity contribution in [3.05, 3.63) is 72.3 Å². The lowest BCUT2D eigenvalue weighted by molar-refractivity contribution is -0.138. The highest BCUT2D eigenvalue weighted by atomic mass is 35.5. The van der Waals surface area contributed by atoms with Crippen LogP contribution in [0.25, 0.3) is 21.9 Å². The summed E-state index contributed by atoms with van der Waals surface area (Å²) in [7, 11) is 0. The van der Waals surface area contributed by atoms with E-state index in [1.165, 1.54) is 16.3 Å². The first-order valence-corrected chi connectivity index (χ1v) is 7.20. The molecule has 3 rings (SSSR count). The molecule has 0 heterocycles. The van der Waals surface area contributed by atoms with Crippen molar-refractivity contribution in [3.63, 3.8) is 0 Å². The van der Waals surface area contributed by atoms with E-state index in [9.17, 15) is 4.79 Å².